The Morgan fingerprint density at radius 1 is 1.33 bits per heavy atom. The maximum atomic E-state index is 13.3. The minimum atomic E-state index is -0.443. The molecule has 0 bridgehead atoms. The summed E-state index contributed by atoms with van der Waals surface area (Å²) in [6.45, 7) is 3.72. The Labute approximate surface area is 160 Å². The Bertz CT molecular complexity index is 955. The summed E-state index contributed by atoms with van der Waals surface area (Å²) in [5.41, 5.74) is 2.60. The molecule has 0 saturated heterocycles. The number of amides is 1. The average molecular weight is 387 g/mol. The molecule has 27 heavy (non-hydrogen) atoms. The summed E-state index contributed by atoms with van der Waals surface area (Å²) in [6, 6.07) is 7.31. The van der Waals surface area contributed by atoms with Crippen LogP contribution >= 0.6 is 11.8 Å². The fourth-order valence-corrected chi connectivity index (χ4v) is 3.63. The molecular formula is C19H18FN3O3S. The Hall–Kier alpha value is -2.87. The number of pyridine rings is 1. The van der Waals surface area contributed by atoms with Crippen molar-refractivity contribution in [1.29, 1.82) is 0 Å². The molecule has 0 atom stereocenters. The van der Waals surface area contributed by atoms with Gasteiger partial charge in [-0.2, -0.15) is 0 Å². The first kappa shape index (κ1) is 18.9. The maximum Gasteiger partial charge on any atom is 0.258 e. The number of halogens is 1. The number of benzene rings is 1. The van der Waals surface area contributed by atoms with E-state index >= 15 is 0 Å². The molecular weight excluding hydrogens is 369 g/mol. The quantitative estimate of drug-likeness (QED) is 0.633. The lowest BCUT2D eigenvalue weighted by atomic mass is 10.2. The molecule has 8 heteroatoms. The second kappa shape index (κ2) is 8.22. The summed E-state index contributed by atoms with van der Waals surface area (Å²) in [5.74, 6) is 0.782. The van der Waals surface area contributed by atoms with E-state index < -0.39 is 5.82 Å². The monoisotopic (exact) mass is 387 g/mol. The molecule has 3 aromatic rings. The molecule has 6 nitrogen and oxygen atoms in total. The highest BCUT2D eigenvalue weighted by atomic mass is 32.2. The zero-order valence-corrected chi connectivity index (χ0v) is 15.9. The number of carbonyl (C=O) groups excluding carboxylic acids is 1. The molecule has 140 valence electrons. The number of rotatable bonds is 6. The number of carbonyl (C=O) groups is 1. The standard InChI is InChI=1S/C19H18FN3O3S/c1-11-15(12(2)26-23-11)10-27-19-14(5-4-8-21-19)18(24)22-16-7-6-13(20)9-17(16)25-3/h4-9H,10H2,1-3H3,(H,22,24). The van der Waals surface area contributed by atoms with Gasteiger partial charge in [0.15, 0.2) is 0 Å². The summed E-state index contributed by atoms with van der Waals surface area (Å²) in [7, 11) is 1.42. The third-order valence-electron chi connectivity index (χ3n) is 3.96. The fourth-order valence-electron chi connectivity index (χ4n) is 2.49. The minimum Gasteiger partial charge on any atom is -0.494 e. The Balaban J connectivity index is 1.80. The zero-order valence-electron chi connectivity index (χ0n) is 15.1. The third-order valence-corrected chi connectivity index (χ3v) is 4.99. The number of anilines is 1. The number of aromatic nitrogens is 2. The van der Waals surface area contributed by atoms with Crippen LogP contribution in [0.4, 0.5) is 10.1 Å². The molecule has 2 heterocycles. The van der Waals surface area contributed by atoms with Gasteiger partial charge in [0.1, 0.15) is 22.4 Å². The van der Waals surface area contributed by atoms with E-state index in [9.17, 15) is 9.18 Å². The molecule has 0 radical (unpaired) electrons. The van der Waals surface area contributed by atoms with Gasteiger partial charge in [0.2, 0.25) is 0 Å². The number of thioether (sulfide) groups is 1. The van der Waals surface area contributed by atoms with Crippen LogP contribution in [-0.2, 0) is 5.75 Å². The number of ether oxygens (including phenoxy) is 1. The Morgan fingerprint density at radius 2 is 2.15 bits per heavy atom. The number of hydrogen-bond donors (Lipinski definition) is 1. The van der Waals surface area contributed by atoms with Crippen LogP contribution in [0.2, 0.25) is 0 Å². The lowest BCUT2D eigenvalue weighted by molar-refractivity contribution is 0.102. The molecule has 3 rings (SSSR count). The van der Waals surface area contributed by atoms with Gasteiger partial charge in [-0.25, -0.2) is 9.37 Å². The predicted molar refractivity (Wildman–Crippen MR) is 101 cm³/mol. The van der Waals surface area contributed by atoms with E-state index in [0.29, 0.717) is 22.0 Å². The van der Waals surface area contributed by atoms with Crippen LogP contribution in [0.1, 0.15) is 27.4 Å². The second-order valence-electron chi connectivity index (χ2n) is 5.75. The van der Waals surface area contributed by atoms with E-state index in [1.165, 1.54) is 37.1 Å². The Morgan fingerprint density at radius 3 is 2.85 bits per heavy atom. The lowest BCUT2D eigenvalue weighted by Crippen LogP contribution is -2.14. The Kier molecular flexibility index (Phi) is 5.75. The highest BCUT2D eigenvalue weighted by Crippen LogP contribution is 2.29. The third kappa shape index (κ3) is 4.28. The van der Waals surface area contributed by atoms with Gasteiger partial charge in [0, 0.05) is 23.6 Å². The van der Waals surface area contributed by atoms with Crippen LogP contribution in [0.3, 0.4) is 0 Å². The molecule has 0 fully saturated rings. The highest BCUT2D eigenvalue weighted by molar-refractivity contribution is 7.98. The molecule has 1 amide bonds. The van der Waals surface area contributed by atoms with E-state index in [-0.39, 0.29) is 11.7 Å². The van der Waals surface area contributed by atoms with Gasteiger partial charge in [-0.3, -0.25) is 4.79 Å². The van der Waals surface area contributed by atoms with Crippen molar-refractivity contribution in [3.05, 3.63) is 64.9 Å². The van der Waals surface area contributed by atoms with Crippen LogP contribution in [0.15, 0.2) is 46.1 Å². The second-order valence-corrected chi connectivity index (χ2v) is 6.71. The van der Waals surface area contributed by atoms with E-state index in [0.717, 1.165) is 17.0 Å². The largest absolute Gasteiger partial charge is 0.494 e. The normalized spacial score (nSPS) is 10.7. The van der Waals surface area contributed by atoms with E-state index in [4.69, 9.17) is 9.26 Å². The molecule has 1 aromatic carbocycles. The molecule has 0 aliphatic heterocycles. The average Bonchev–Trinajstić information content (AvgIpc) is 2.99. The van der Waals surface area contributed by atoms with Crippen LogP contribution < -0.4 is 10.1 Å². The van der Waals surface area contributed by atoms with Gasteiger partial charge in [0.05, 0.1) is 24.1 Å². The smallest absolute Gasteiger partial charge is 0.258 e. The number of nitrogens with zero attached hydrogens (tertiary/aromatic N) is 2. The summed E-state index contributed by atoms with van der Waals surface area (Å²) >= 11 is 1.42. The first-order valence-corrected chi connectivity index (χ1v) is 9.12. The van der Waals surface area contributed by atoms with E-state index in [2.05, 4.69) is 15.5 Å². The van der Waals surface area contributed by atoms with E-state index in [1.807, 2.05) is 13.8 Å². The number of hydrogen-bond acceptors (Lipinski definition) is 6. The van der Waals surface area contributed by atoms with Gasteiger partial charge in [-0.05, 0) is 38.1 Å². The molecule has 1 N–H and O–H groups in total. The fraction of sp³-hybridized carbons (Fsp3) is 0.211. The van der Waals surface area contributed by atoms with Crippen molar-refractivity contribution in [2.24, 2.45) is 0 Å². The zero-order chi connectivity index (χ0) is 19.4. The van der Waals surface area contributed by atoms with Crippen LogP contribution in [0.5, 0.6) is 5.75 Å². The van der Waals surface area contributed by atoms with Crippen LogP contribution in [-0.4, -0.2) is 23.2 Å². The van der Waals surface area contributed by atoms with Crippen molar-refractivity contribution in [3.63, 3.8) is 0 Å². The van der Waals surface area contributed by atoms with Gasteiger partial charge in [-0.1, -0.05) is 5.16 Å². The van der Waals surface area contributed by atoms with Crippen molar-refractivity contribution < 1.29 is 18.4 Å². The first-order chi connectivity index (χ1) is 13.0. The number of aryl methyl sites for hydroxylation is 2. The van der Waals surface area contributed by atoms with Gasteiger partial charge in [0.25, 0.3) is 5.91 Å². The van der Waals surface area contributed by atoms with Gasteiger partial charge >= 0.3 is 0 Å². The minimum absolute atomic E-state index is 0.247. The van der Waals surface area contributed by atoms with Crippen molar-refractivity contribution in [2.45, 2.75) is 24.6 Å². The van der Waals surface area contributed by atoms with Crippen molar-refractivity contribution in [3.8, 4) is 5.75 Å². The summed E-state index contributed by atoms with van der Waals surface area (Å²) in [5, 5.41) is 7.26. The maximum absolute atomic E-state index is 13.3. The van der Waals surface area contributed by atoms with Gasteiger partial charge in [-0.15, -0.1) is 11.8 Å². The van der Waals surface area contributed by atoms with Crippen LogP contribution in [0, 0.1) is 19.7 Å². The summed E-state index contributed by atoms with van der Waals surface area (Å²) < 4.78 is 23.6. The predicted octanol–water partition coefficient (Wildman–Crippen LogP) is 4.38. The molecule has 0 aliphatic rings. The molecule has 2 aromatic heterocycles. The molecule has 0 saturated carbocycles. The number of nitrogens with one attached hydrogen (secondary N) is 1. The van der Waals surface area contributed by atoms with Crippen LogP contribution in [0.25, 0.3) is 0 Å². The SMILES string of the molecule is COc1cc(F)ccc1NC(=O)c1cccnc1SCc1c(C)noc1C. The van der Waals surface area contributed by atoms with E-state index in [1.54, 1.807) is 18.3 Å². The lowest BCUT2D eigenvalue weighted by Gasteiger charge is -2.12. The summed E-state index contributed by atoms with van der Waals surface area (Å²) in [4.78, 5) is 17.1. The molecule has 0 aliphatic carbocycles. The number of methoxy groups -OCH3 is 1. The molecule has 0 spiro atoms. The van der Waals surface area contributed by atoms with Crippen molar-refractivity contribution in [1.82, 2.24) is 10.1 Å². The summed E-state index contributed by atoms with van der Waals surface area (Å²) in [6.07, 6.45) is 1.63. The van der Waals surface area contributed by atoms with Crippen molar-refractivity contribution >= 4 is 23.4 Å². The first-order valence-electron chi connectivity index (χ1n) is 8.14. The molecule has 0 unspecified atom stereocenters. The van der Waals surface area contributed by atoms with Gasteiger partial charge < -0.3 is 14.6 Å². The topological polar surface area (TPSA) is 77.2 Å². The van der Waals surface area contributed by atoms with Crippen molar-refractivity contribution in [2.75, 3.05) is 12.4 Å². The highest BCUT2D eigenvalue weighted by Gasteiger charge is 2.17.